The second-order valence-corrected chi connectivity index (χ2v) is 9.77. The van der Waals surface area contributed by atoms with Gasteiger partial charge < -0.3 is 0 Å². The van der Waals surface area contributed by atoms with Gasteiger partial charge in [0.05, 0.1) is 16.2 Å². The van der Waals surface area contributed by atoms with Gasteiger partial charge in [-0.05, 0) is 17.7 Å². The summed E-state index contributed by atoms with van der Waals surface area (Å²) in [7, 11) is -0.722. The van der Waals surface area contributed by atoms with E-state index in [1.54, 1.807) is 23.6 Å². The van der Waals surface area contributed by atoms with Crippen molar-refractivity contribution in [2.75, 3.05) is 19.4 Å². The molecule has 0 bridgehead atoms. The summed E-state index contributed by atoms with van der Waals surface area (Å²) in [5, 5.41) is 4.06. The molecule has 1 heterocycles. The second kappa shape index (κ2) is 9.23. The number of sulfonamides is 1. The van der Waals surface area contributed by atoms with E-state index in [0.29, 0.717) is 17.3 Å². The molecule has 0 aliphatic carbocycles. The van der Waals surface area contributed by atoms with Crippen molar-refractivity contribution >= 4 is 38.0 Å². The van der Waals surface area contributed by atoms with Crippen molar-refractivity contribution in [2.45, 2.75) is 11.1 Å². The number of carbonyl (C=O) groups excluding carboxylic acids is 1. The first-order valence-electron chi connectivity index (χ1n) is 9.12. The van der Waals surface area contributed by atoms with Crippen LogP contribution in [-0.2, 0) is 14.8 Å². The second-order valence-electron chi connectivity index (χ2n) is 6.76. The summed E-state index contributed by atoms with van der Waals surface area (Å²) in [6.07, 6.45) is -4.21. The molecule has 6 nitrogen and oxygen atoms in total. The van der Waals surface area contributed by atoms with Crippen molar-refractivity contribution < 1.29 is 26.4 Å². The van der Waals surface area contributed by atoms with Crippen LogP contribution in [0.2, 0.25) is 0 Å². The van der Waals surface area contributed by atoms with Crippen LogP contribution in [0.3, 0.4) is 0 Å². The summed E-state index contributed by atoms with van der Waals surface area (Å²) in [5.41, 5.74) is -0.148. The molecule has 32 heavy (non-hydrogen) atoms. The minimum Gasteiger partial charge on any atom is -0.298 e. The van der Waals surface area contributed by atoms with E-state index in [9.17, 15) is 26.4 Å². The number of halogens is 3. The van der Waals surface area contributed by atoms with Crippen molar-refractivity contribution in [1.82, 2.24) is 9.29 Å². The van der Waals surface area contributed by atoms with Crippen molar-refractivity contribution in [3.8, 4) is 11.3 Å². The lowest BCUT2D eigenvalue weighted by Gasteiger charge is -2.11. The van der Waals surface area contributed by atoms with E-state index in [0.717, 1.165) is 15.6 Å². The van der Waals surface area contributed by atoms with Crippen LogP contribution < -0.4 is 5.32 Å². The van der Waals surface area contributed by atoms with Gasteiger partial charge in [0.15, 0.2) is 5.13 Å². The molecule has 0 aliphatic heterocycles. The average molecular weight is 482 g/mol. The van der Waals surface area contributed by atoms with Gasteiger partial charge in [-0.15, -0.1) is 11.3 Å². The van der Waals surface area contributed by atoms with Gasteiger partial charge in [0, 0.05) is 31.1 Å². The molecule has 0 saturated carbocycles. The predicted molar refractivity (Wildman–Crippen MR) is 118 cm³/mol. The van der Waals surface area contributed by atoms with E-state index >= 15 is 0 Å². The molecule has 1 N–H and O–H groups in total. The summed E-state index contributed by atoms with van der Waals surface area (Å²) < 4.78 is 65.6. The molecule has 0 atom stereocenters. The van der Waals surface area contributed by atoms with Crippen LogP contribution in [-0.4, -0.2) is 43.9 Å². The van der Waals surface area contributed by atoms with Gasteiger partial charge in [-0.1, -0.05) is 42.5 Å². The Bertz CT molecular complexity index is 1230. The van der Waals surface area contributed by atoms with Crippen molar-refractivity contribution in [3.05, 3.63) is 71.6 Å². The molecule has 0 saturated heterocycles. The van der Waals surface area contributed by atoms with Gasteiger partial charge in [-0.25, -0.2) is 17.7 Å². The highest BCUT2D eigenvalue weighted by Crippen LogP contribution is 2.34. The molecular weight excluding hydrogens is 463 g/mol. The zero-order valence-electron chi connectivity index (χ0n) is 16.9. The zero-order valence-corrected chi connectivity index (χ0v) is 18.6. The fourth-order valence-electron chi connectivity index (χ4n) is 2.69. The fraction of sp³-hybridized carbons (Fsp3) is 0.143. The van der Waals surface area contributed by atoms with E-state index in [4.69, 9.17) is 0 Å². The smallest absolute Gasteiger partial charge is 0.298 e. The number of carbonyl (C=O) groups is 1. The highest BCUT2D eigenvalue weighted by atomic mass is 32.2. The van der Waals surface area contributed by atoms with Gasteiger partial charge >= 0.3 is 6.18 Å². The monoisotopic (exact) mass is 481 g/mol. The normalized spacial score (nSPS) is 12.8. The van der Waals surface area contributed by atoms with Crippen LogP contribution in [0.4, 0.5) is 18.3 Å². The predicted octanol–water partition coefficient (Wildman–Crippen LogP) is 4.64. The third-order valence-corrected chi connectivity index (χ3v) is 6.92. The molecule has 0 spiro atoms. The van der Waals surface area contributed by atoms with Crippen LogP contribution in [0.25, 0.3) is 16.8 Å². The maximum atomic E-state index is 13.4. The number of nitrogens with one attached hydrogen (secondary N) is 1. The number of aromatic nitrogens is 1. The molecule has 3 aromatic rings. The molecule has 0 unspecified atom stereocenters. The van der Waals surface area contributed by atoms with Crippen LogP contribution in [0.15, 0.2) is 70.9 Å². The molecule has 1 aromatic heterocycles. The minimum absolute atomic E-state index is 0.112. The third-order valence-electron chi connectivity index (χ3n) is 4.33. The number of anilines is 1. The van der Waals surface area contributed by atoms with Crippen LogP contribution in [0.5, 0.6) is 0 Å². The maximum absolute atomic E-state index is 13.4. The topological polar surface area (TPSA) is 79.4 Å². The Balaban J connectivity index is 1.79. The van der Waals surface area contributed by atoms with E-state index in [1.807, 2.05) is 0 Å². The number of alkyl halides is 3. The summed E-state index contributed by atoms with van der Waals surface area (Å²) >= 11 is 1.04. The van der Waals surface area contributed by atoms with Gasteiger partial charge in [0.1, 0.15) is 0 Å². The number of hydrogen-bond donors (Lipinski definition) is 1. The van der Waals surface area contributed by atoms with Gasteiger partial charge in [-0.3, -0.25) is 10.1 Å². The first-order chi connectivity index (χ1) is 15.0. The zero-order chi connectivity index (χ0) is 23.5. The van der Waals surface area contributed by atoms with E-state index in [1.165, 1.54) is 50.5 Å². The highest BCUT2D eigenvalue weighted by molar-refractivity contribution is 7.89. The van der Waals surface area contributed by atoms with Crippen molar-refractivity contribution in [1.29, 1.82) is 0 Å². The average Bonchev–Trinajstić information content (AvgIpc) is 3.20. The molecule has 168 valence electrons. The lowest BCUT2D eigenvalue weighted by atomic mass is 10.1. The lowest BCUT2D eigenvalue weighted by molar-refractivity contribution is -0.112. The Hall–Kier alpha value is -3.02. The molecule has 2 aromatic carbocycles. The molecular formula is C21H18F3N3O3S2. The Morgan fingerprint density at radius 2 is 1.69 bits per heavy atom. The van der Waals surface area contributed by atoms with Crippen molar-refractivity contribution in [3.63, 3.8) is 0 Å². The minimum atomic E-state index is -4.71. The third kappa shape index (κ3) is 5.42. The van der Waals surface area contributed by atoms with Gasteiger partial charge in [0.25, 0.3) is 5.91 Å². The standard InChI is InChI=1S/C21H18F3N3O3S2/c1-27(2)32(29,30)16-10-8-15(9-11-16)18-13-31-20(25-18)26-19(28)12-17(21(22,23)24)14-6-4-3-5-7-14/h3-13H,1-2H3,(H,25,26,28)/b17-12-. The van der Waals surface area contributed by atoms with Crippen molar-refractivity contribution in [2.24, 2.45) is 0 Å². The Morgan fingerprint density at radius 3 is 2.25 bits per heavy atom. The maximum Gasteiger partial charge on any atom is 0.417 e. The quantitative estimate of drug-likeness (QED) is 0.520. The number of rotatable bonds is 6. The van der Waals surface area contributed by atoms with Gasteiger partial charge in [0.2, 0.25) is 10.0 Å². The summed E-state index contributed by atoms with van der Waals surface area (Å²) in [5.74, 6) is -0.963. The molecule has 11 heteroatoms. The first kappa shape index (κ1) is 23.6. The number of nitrogens with zero attached hydrogens (tertiary/aromatic N) is 2. The van der Waals surface area contributed by atoms with E-state index in [2.05, 4.69) is 10.3 Å². The Morgan fingerprint density at radius 1 is 1.06 bits per heavy atom. The molecule has 0 fully saturated rings. The van der Waals surface area contributed by atoms with Gasteiger partial charge in [-0.2, -0.15) is 13.2 Å². The lowest BCUT2D eigenvalue weighted by Crippen LogP contribution is -2.22. The number of benzene rings is 2. The summed E-state index contributed by atoms with van der Waals surface area (Å²) in [4.78, 5) is 16.5. The fourth-order valence-corrected chi connectivity index (χ4v) is 4.32. The number of amides is 1. The molecule has 1 amide bonds. The largest absolute Gasteiger partial charge is 0.417 e. The molecule has 0 aliphatic rings. The van der Waals surface area contributed by atoms with Crippen LogP contribution >= 0.6 is 11.3 Å². The summed E-state index contributed by atoms with van der Waals surface area (Å²) in [6.45, 7) is 0. The Labute approximate surface area is 187 Å². The number of thiazole rings is 1. The van der Waals surface area contributed by atoms with Crippen LogP contribution in [0, 0.1) is 0 Å². The highest BCUT2D eigenvalue weighted by Gasteiger charge is 2.35. The van der Waals surface area contributed by atoms with Crippen LogP contribution in [0.1, 0.15) is 5.56 Å². The SMILES string of the molecule is CN(C)S(=O)(=O)c1ccc(-c2csc(NC(=O)/C=C(/c3ccccc3)C(F)(F)F)n2)cc1. The number of allylic oxidation sites excluding steroid dienone is 1. The van der Waals surface area contributed by atoms with E-state index in [-0.39, 0.29) is 15.6 Å². The number of hydrogen-bond acceptors (Lipinski definition) is 5. The van der Waals surface area contributed by atoms with E-state index < -0.39 is 27.7 Å². The summed E-state index contributed by atoms with van der Waals surface area (Å²) in [6, 6.07) is 13.0. The first-order valence-corrected chi connectivity index (χ1v) is 11.4. The molecule has 0 radical (unpaired) electrons. The Kier molecular flexibility index (Phi) is 6.82. The molecule has 3 rings (SSSR count).